The highest BCUT2D eigenvalue weighted by molar-refractivity contribution is 5.95. The van der Waals surface area contributed by atoms with Crippen LogP contribution in [0.2, 0.25) is 0 Å². The molecule has 1 aromatic carbocycles. The van der Waals surface area contributed by atoms with Crippen molar-refractivity contribution in [3.8, 4) is 0 Å². The van der Waals surface area contributed by atoms with Crippen LogP contribution in [0.5, 0.6) is 0 Å². The Labute approximate surface area is 189 Å². The van der Waals surface area contributed by atoms with Crippen molar-refractivity contribution in [1.82, 2.24) is 15.3 Å². The smallest absolute Gasteiger partial charge is 0.254 e. The highest BCUT2D eigenvalue weighted by atomic mass is 19.1. The summed E-state index contributed by atoms with van der Waals surface area (Å²) in [5.74, 6) is 1.59. The maximum Gasteiger partial charge on any atom is 0.254 e. The Hall–Kier alpha value is -2.70. The molecule has 0 unspecified atom stereocenters. The van der Waals surface area contributed by atoms with Crippen LogP contribution < -0.4 is 15.1 Å². The minimum Gasteiger partial charge on any atom is -0.371 e. The average Bonchev–Trinajstić information content (AvgIpc) is 3.64. The van der Waals surface area contributed by atoms with Gasteiger partial charge in [-0.05, 0) is 81.0 Å². The van der Waals surface area contributed by atoms with E-state index in [0.717, 1.165) is 80.9 Å². The molecule has 5 rings (SSSR count). The van der Waals surface area contributed by atoms with Gasteiger partial charge in [-0.2, -0.15) is 0 Å². The fourth-order valence-corrected chi connectivity index (χ4v) is 5.12. The molecule has 1 amide bonds. The Morgan fingerprint density at radius 3 is 2.09 bits per heavy atom. The molecule has 0 atom stereocenters. The topological polar surface area (TPSA) is 61.4 Å². The Morgan fingerprint density at radius 2 is 1.53 bits per heavy atom. The number of anilines is 2. The number of piperidine rings is 2. The molecule has 3 aliphatic rings. The second kappa shape index (κ2) is 9.04. The van der Waals surface area contributed by atoms with Crippen molar-refractivity contribution >= 4 is 17.5 Å². The Morgan fingerprint density at radius 1 is 0.938 bits per heavy atom. The molecule has 32 heavy (non-hydrogen) atoms. The number of hydrogen-bond donors (Lipinski definition) is 1. The number of aromatic nitrogens is 2. The highest BCUT2D eigenvalue weighted by Gasteiger charge is 2.31. The molecule has 7 heteroatoms. The number of aryl methyl sites for hydroxylation is 1. The minimum atomic E-state index is -0.423. The number of nitrogens with zero attached hydrogens (tertiary/aromatic N) is 4. The van der Waals surface area contributed by atoms with E-state index in [2.05, 4.69) is 25.1 Å². The summed E-state index contributed by atoms with van der Waals surface area (Å²) in [5.41, 5.74) is 2.13. The van der Waals surface area contributed by atoms with Gasteiger partial charge in [0.05, 0.1) is 5.56 Å². The zero-order valence-electron chi connectivity index (χ0n) is 18.8. The molecule has 2 saturated heterocycles. The van der Waals surface area contributed by atoms with Crippen molar-refractivity contribution in [3.05, 3.63) is 47.5 Å². The molecule has 1 N–H and O–H groups in total. The van der Waals surface area contributed by atoms with Crippen LogP contribution in [0.1, 0.15) is 54.4 Å². The quantitative estimate of drug-likeness (QED) is 0.768. The summed E-state index contributed by atoms with van der Waals surface area (Å²) in [7, 11) is 0. The van der Waals surface area contributed by atoms with Crippen LogP contribution in [0.15, 0.2) is 30.6 Å². The Kier molecular flexibility index (Phi) is 5.98. The van der Waals surface area contributed by atoms with Crippen molar-refractivity contribution < 1.29 is 9.18 Å². The van der Waals surface area contributed by atoms with Crippen molar-refractivity contribution in [2.24, 2.45) is 11.8 Å². The summed E-state index contributed by atoms with van der Waals surface area (Å²) < 4.78 is 14.6. The molecule has 0 radical (unpaired) electrons. The second-order valence-corrected chi connectivity index (χ2v) is 9.62. The van der Waals surface area contributed by atoms with Gasteiger partial charge >= 0.3 is 0 Å². The van der Waals surface area contributed by atoms with Crippen LogP contribution in [0, 0.1) is 24.6 Å². The van der Waals surface area contributed by atoms with Crippen molar-refractivity contribution in [3.63, 3.8) is 0 Å². The van der Waals surface area contributed by atoms with Gasteiger partial charge < -0.3 is 15.1 Å². The van der Waals surface area contributed by atoms with Crippen molar-refractivity contribution in [2.45, 2.75) is 51.5 Å². The van der Waals surface area contributed by atoms with E-state index in [1.54, 1.807) is 6.07 Å². The molecule has 170 valence electrons. The molecule has 1 saturated carbocycles. The molecule has 3 heterocycles. The molecule has 0 spiro atoms. The number of benzene rings is 1. The Balaban J connectivity index is 1.12. The van der Waals surface area contributed by atoms with Crippen LogP contribution in [-0.4, -0.2) is 48.1 Å². The first-order valence-corrected chi connectivity index (χ1v) is 12.0. The van der Waals surface area contributed by atoms with Crippen LogP contribution >= 0.6 is 0 Å². The molecule has 6 nitrogen and oxygen atoms in total. The van der Waals surface area contributed by atoms with E-state index < -0.39 is 5.82 Å². The van der Waals surface area contributed by atoms with Gasteiger partial charge in [-0.15, -0.1) is 0 Å². The molecular weight excluding hydrogens is 405 g/mol. The van der Waals surface area contributed by atoms with E-state index in [9.17, 15) is 9.18 Å². The maximum atomic E-state index is 14.6. The molecule has 1 aliphatic carbocycles. The Bertz CT molecular complexity index is 945. The largest absolute Gasteiger partial charge is 0.371 e. The third-order valence-electron chi connectivity index (χ3n) is 7.27. The molecular formula is C25H32FN5O. The lowest BCUT2D eigenvalue weighted by atomic mass is 9.79. The zero-order valence-corrected chi connectivity index (χ0v) is 18.8. The molecule has 3 fully saturated rings. The van der Waals surface area contributed by atoms with E-state index in [1.165, 1.54) is 18.9 Å². The number of hydrogen-bond acceptors (Lipinski definition) is 5. The maximum absolute atomic E-state index is 14.6. The number of carbonyl (C=O) groups is 1. The predicted molar refractivity (Wildman–Crippen MR) is 124 cm³/mol. The summed E-state index contributed by atoms with van der Waals surface area (Å²) in [6.07, 6.45) is 10.4. The van der Waals surface area contributed by atoms with Gasteiger partial charge in [-0.25, -0.2) is 14.4 Å². The predicted octanol–water partition coefficient (Wildman–Crippen LogP) is 3.95. The third-order valence-corrected chi connectivity index (χ3v) is 7.27. The number of rotatable bonds is 5. The molecule has 2 aliphatic heterocycles. The number of nitrogens with one attached hydrogen (secondary N) is 1. The summed E-state index contributed by atoms with van der Waals surface area (Å²) in [5, 5.41) is 2.86. The van der Waals surface area contributed by atoms with E-state index in [4.69, 9.17) is 0 Å². The second-order valence-electron chi connectivity index (χ2n) is 9.62. The van der Waals surface area contributed by atoms with Gasteiger partial charge in [0.15, 0.2) is 0 Å². The first-order valence-electron chi connectivity index (χ1n) is 12.0. The molecule has 2 aromatic rings. The fraction of sp³-hybridized carbons (Fsp3) is 0.560. The SMILES string of the molecule is Cc1cnc(N2CCC(C3CCN(c4ccc(C(=O)NC5CC5)c(F)c4)CC3)CC2)nc1. The van der Waals surface area contributed by atoms with Crippen LogP contribution in [0.4, 0.5) is 16.0 Å². The minimum absolute atomic E-state index is 0.153. The molecule has 1 aromatic heterocycles. The normalized spacial score (nSPS) is 20.4. The number of amides is 1. The van der Waals surface area contributed by atoms with E-state index in [1.807, 2.05) is 25.4 Å². The van der Waals surface area contributed by atoms with Gasteiger partial charge in [-0.3, -0.25) is 4.79 Å². The van der Waals surface area contributed by atoms with Gasteiger partial charge in [0.1, 0.15) is 5.82 Å². The molecule has 0 bridgehead atoms. The lowest BCUT2D eigenvalue weighted by Crippen LogP contribution is -2.41. The van der Waals surface area contributed by atoms with Crippen LogP contribution in [0.3, 0.4) is 0 Å². The monoisotopic (exact) mass is 437 g/mol. The third kappa shape index (κ3) is 4.71. The zero-order chi connectivity index (χ0) is 22.1. The number of carbonyl (C=O) groups excluding carboxylic acids is 1. The first kappa shape index (κ1) is 21.2. The van der Waals surface area contributed by atoms with E-state index >= 15 is 0 Å². The van der Waals surface area contributed by atoms with Crippen LogP contribution in [-0.2, 0) is 0 Å². The van der Waals surface area contributed by atoms with Gasteiger partial charge in [-0.1, -0.05) is 0 Å². The van der Waals surface area contributed by atoms with E-state index in [0.29, 0.717) is 0 Å². The summed E-state index contributed by atoms with van der Waals surface area (Å²) in [6, 6.07) is 5.29. The van der Waals surface area contributed by atoms with Crippen molar-refractivity contribution in [1.29, 1.82) is 0 Å². The van der Waals surface area contributed by atoms with Crippen molar-refractivity contribution in [2.75, 3.05) is 36.0 Å². The van der Waals surface area contributed by atoms with Gasteiger partial charge in [0.25, 0.3) is 5.91 Å². The van der Waals surface area contributed by atoms with Gasteiger partial charge in [0.2, 0.25) is 5.95 Å². The summed E-state index contributed by atoms with van der Waals surface area (Å²) in [6.45, 7) is 5.93. The lowest BCUT2D eigenvalue weighted by molar-refractivity contribution is 0.0947. The fourth-order valence-electron chi connectivity index (χ4n) is 5.12. The lowest BCUT2D eigenvalue weighted by Gasteiger charge is -2.41. The highest BCUT2D eigenvalue weighted by Crippen LogP contribution is 2.35. The van der Waals surface area contributed by atoms with Crippen LogP contribution in [0.25, 0.3) is 0 Å². The standard InChI is InChI=1S/C25H32FN5O/c1-17-15-27-25(28-16-17)31-12-8-19(9-13-31)18-6-10-30(11-7-18)21-4-5-22(23(26)14-21)24(32)29-20-2-3-20/h4-5,14-16,18-20H,2-3,6-13H2,1H3,(H,29,32). The van der Waals surface area contributed by atoms with Gasteiger partial charge in [0, 0.05) is 50.3 Å². The number of halogens is 1. The van der Waals surface area contributed by atoms with E-state index in [-0.39, 0.29) is 17.5 Å². The first-order chi connectivity index (χ1) is 15.6. The summed E-state index contributed by atoms with van der Waals surface area (Å²) >= 11 is 0. The summed E-state index contributed by atoms with van der Waals surface area (Å²) in [4.78, 5) is 25.7. The average molecular weight is 438 g/mol.